The number of guanidine groups is 2. The van der Waals surface area contributed by atoms with Crippen molar-refractivity contribution in [1.29, 1.82) is 10.8 Å². The predicted octanol–water partition coefficient (Wildman–Crippen LogP) is -0.528. The highest BCUT2D eigenvalue weighted by molar-refractivity contribution is 6.06. The number of nitrogens with zero attached hydrogens (tertiary/aromatic N) is 1. The largest absolute Gasteiger partial charge is 0.451 e. The van der Waals surface area contributed by atoms with Crippen LogP contribution in [-0.2, 0) is 10.9 Å². The number of aliphatic hydroxyl groups excluding tert-OH is 1. The van der Waals surface area contributed by atoms with Gasteiger partial charge in [0.1, 0.15) is 0 Å². The van der Waals surface area contributed by atoms with Crippen LogP contribution in [0.15, 0.2) is 36.4 Å². The zero-order valence-electron chi connectivity index (χ0n) is 17.8. The summed E-state index contributed by atoms with van der Waals surface area (Å²) in [6, 6.07) is 5.88. The Hall–Kier alpha value is -3.62. The number of carbonyl (C=O) groups excluding carboxylic acids is 1. The van der Waals surface area contributed by atoms with Crippen LogP contribution in [0.3, 0.4) is 0 Å². The lowest BCUT2D eigenvalue weighted by molar-refractivity contribution is -0.258. The SMILES string of the molecule is N=C1NC2[C@H](CO)NC(=N)N3C[C@H](OC(=O)c4c(C(F)(F)F)ccc5ccccc45)C(O)(O)[C@]23N1. The molecule has 0 aromatic heterocycles. The third-order valence-corrected chi connectivity index (χ3v) is 6.73. The van der Waals surface area contributed by atoms with E-state index in [0.29, 0.717) is 5.39 Å². The quantitative estimate of drug-likeness (QED) is 0.206. The van der Waals surface area contributed by atoms with E-state index in [1.807, 2.05) is 0 Å². The Labute approximate surface area is 195 Å². The molecule has 0 saturated carbocycles. The number of nitrogens with one attached hydrogen (secondary N) is 5. The minimum atomic E-state index is -4.89. The smallest absolute Gasteiger partial charge is 0.417 e. The van der Waals surface area contributed by atoms with Gasteiger partial charge in [0.15, 0.2) is 23.7 Å². The Balaban J connectivity index is 1.57. The number of hydrogen-bond donors (Lipinski definition) is 8. The summed E-state index contributed by atoms with van der Waals surface area (Å²) in [6.07, 6.45) is -6.71. The maximum Gasteiger partial charge on any atom is 0.417 e. The first-order valence-electron chi connectivity index (χ1n) is 10.5. The topological polar surface area (TPSA) is 174 Å². The molecule has 2 aromatic rings. The van der Waals surface area contributed by atoms with Crippen LogP contribution in [-0.4, -0.2) is 80.9 Å². The lowest BCUT2D eigenvalue weighted by atomic mass is 9.85. The van der Waals surface area contributed by atoms with E-state index in [1.54, 1.807) is 6.07 Å². The number of ether oxygens (including phenoxy) is 1. The molecule has 0 radical (unpaired) electrons. The average Bonchev–Trinajstić information content (AvgIpc) is 3.26. The van der Waals surface area contributed by atoms with Crippen molar-refractivity contribution in [3.63, 3.8) is 0 Å². The van der Waals surface area contributed by atoms with Gasteiger partial charge in [-0.15, -0.1) is 0 Å². The second kappa shape index (κ2) is 7.44. The summed E-state index contributed by atoms with van der Waals surface area (Å²) < 4.78 is 46.6. The van der Waals surface area contributed by atoms with Gasteiger partial charge < -0.3 is 40.9 Å². The van der Waals surface area contributed by atoms with Crippen LogP contribution in [0.4, 0.5) is 13.2 Å². The molecule has 0 amide bonds. The molecular weight excluding hydrogens is 473 g/mol. The molecular formula is C21H21F3N6O5. The molecule has 35 heavy (non-hydrogen) atoms. The van der Waals surface area contributed by atoms with Gasteiger partial charge in [0, 0.05) is 0 Å². The van der Waals surface area contributed by atoms with E-state index in [9.17, 15) is 33.3 Å². The van der Waals surface area contributed by atoms with Crippen LogP contribution >= 0.6 is 0 Å². The molecule has 3 aliphatic rings. The number of hydrogen-bond acceptors (Lipinski definition) is 7. The Kier molecular flexibility index (Phi) is 4.92. The first kappa shape index (κ1) is 23.1. The van der Waals surface area contributed by atoms with E-state index < -0.39 is 66.1 Å². The van der Waals surface area contributed by atoms with Gasteiger partial charge in [-0.2, -0.15) is 13.2 Å². The molecule has 1 unspecified atom stereocenters. The molecule has 0 aliphatic carbocycles. The third-order valence-electron chi connectivity index (χ3n) is 6.73. The van der Waals surface area contributed by atoms with Crippen LogP contribution in [0, 0.1) is 10.8 Å². The number of fused-ring (bicyclic) bond motifs is 1. The monoisotopic (exact) mass is 494 g/mol. The minimum absolute atomic E-state index is 0.0299. The molecule has 8 N–H and O–H groups in total. The number of halogens is 3. The van der Waals surface area contributed by atoms with Crippen LogP contribution < -0.4 is 16.0 Å². The van der Waals surface area contributed by atoms with Crippen LogP contribution in [0.25, 0.3) is 10.8 Å². The summed E-state index contributed by atoms with van der Waals surface area (Å²) in [5.41, 5.74) is -4.04. The minimum Gasteiger partial charge on any atom is -0.451 e. The molecule has 0 bridgehead atoms. The van der Waals surface area contributed by atoms with Crippen LogP contribution in [0.1, 0.15) is 15.9 Å². The highest BCUT2D eigenvalue weighted by Crippen LogP contribution is 2.44. The first-order valence-corrected chi connectivity index (χ1v) is 10.5. The highest BCUT2D eigenvalue weighted by atomic mass is 19.4. The zero-order chi connectivity index (χ0) is 25.3. The number of rotatable bonds is 3. The molecule has 11 nitrogen and oxygen atoms in total. The van der Waals surface area contributed by atoms with Crippen molar-refractivity contribution in [2.75, 3.05) is 13.2 Å². The predicted molar refractivity (Wildman–Crippen MR) is 114 cm³/mol. The Bertz CT molecular complexity index is 1250. The van der Waals surface area contributed by atoms with Gasteiger partial charge in [0.25, 0.3) is 0 Å². The van der Waals surface area contributed by atoms with Gasteiger partial charge in [0.05, 0.1) is 36.4 Å². The molecule has 3 aliphatic heterocycles. The molecule has 3 saturated heterocycles. The second-order valence-corrected chi connectivity index (χ2v) is 8.61. The molecule has 3 heterocycles. The lowest BCUT2D eigenvalue weighted by Gasteiger charge is -2.50. The van der Waals surface area contributed by atoms with Crippen molar-refractivity contribution in [3.05, 3.63) is 47.5 Å². The molecule has 5 rings (SSSR count). The molecule has 2 aromatic carbocycles. The lowest BCUT2D eigenvalue weighted by Crippen LogP contribution is -2.80. The molecule has 186 valence electrons. The molecule has 4 atom stereocenters. The van der Waals surface area contributed by atoms with Crippen molar-refractivity contribution in [2.45, 2.75) is 35.8 Å². The fourth-order valence-corrected chi connectivity index (χ4v) is 5.18. The maximum atomic E-state index is 13.8. The number of benzene rings is 2. The fraction of sp³-hybridized carbons (Fsp3) is 0.381. The summed E-state index contributed by atoms with van der Waals surface area (Å²) >= 11 is 0. The van der Waals surface area contributed by atoms with E-state index in [-0.39, 0.29) is 17.3 Å². The zero-order valence-corrected chi connectivity index (χ0v) is 17.8. The number of aliphatic hydroxyl groups is 3. The van der Waals surface area contributed by atoms with E-state index in [2.05, 4.69) is 16.0 Å². The van der Waals surface area contributed by atoms with Gasteiger partial charge in [-0.25, -0.2) is 4.79 Å². The number of alkyl halides is 3. The Morgan fingerprint density at radius 3 is 2.57 bits per heavy atom. The molecule has 3 fully saturated rings. The van der Waals surface area contributed by atoms with Gasteiger partial charge >= 0.3 is 12.1 Å². The van der Waals surface area contributed by atoms with E-state index in [1.165, 1.54) is 24.3 Å². The van der Waals surface area contributed by atoms with Crippen molar-refractivity contribution < 1.29 is 38.0 Å². The van der Waals surface area contributed by atoms with Crippen LogP contribution in [0.5, 0.6) is 0 Å². The van der Waals surface area contributed by atoms with Crippen molar-refractivity contribution in [2.24, 2.45) is 0 Å². The van der Waals surface area contributed by atoms with Gasteiger partial charge in [-0.3, -0.25) is 10.8 Å². The van der Waals surface area contributed by atoms with Crippen molar-refractivity contribution in [1.82, 2.24) is 20.9 Å². The number of carbonyl (C=O) groups is 1. The summed E-state index contributed by atoms with van der Waals surface area (Å²) in [6.45, 7) is -1.04. The normalized spacial score (nSPS) is 29.2. The summed E-state index contributed by atoms with van der Waals surface area (Å²) in [4.78, 5) is 14.3. The van der Waals surface area contributed by atoms with E-state index >= 15 is 0 Å². The number of esters is 1. The second-order valence-electron chi connectivity index (χ2n) is 8.61. The Morgan fingerprint density at radius 2 is 1.89 bits per heavy atom. The summed E-state index contributed by atoms with van der Waals surface area (Å²) in [7, 11) is 0. The molecule has 1 spiro atoms. The van der Waals surface area contributed by atoms with Crippen molar-refractivity contribution >= 4 is 28.7 Å². The van der Waals surface area contributed by atoms with Gasteiger partial charge in [0.2, 0.25) is 5.79 Å². The summed E-state index contributed by atoms with van der Waals surface area (Å²) in [5, 5.41) is 56.5. The van der Waals surface area contributed by atoms with E-state index in [4.69, 9.17) is 15.6 Å². The first-order chi connectivity index (χ1) is 16.4. The fourth-order valence-electron chi connectivity index (χ4n) is 5.18. The van der Waals surface area contributed by atoms with Crippen LogP contribution in [0.2, 0.25) is 0 Å². The van der Waals surface area contributed by atoms with E-state index in [0.717, 1.165) is 11.0 Å². The van der Waals surface area contributed by atoms with Gasteiger partial charge in [-0.05, 0) is 16.8 Å². The molecule has 14 heteroatoms. The average molecular weight is 494 g/mol. The summed E-state index contributed by atoms with van der Waals surface area (Å²) in [5.74, 6) is -5.12. The van der Waals surface area contributed by atoms with Crippen molar-refractivity contribution in [3.8, 4) is 0 Å². The maximum absolute atomic E-state index is 13.8. The highest BCUT2D eigenvalue weighted by Gasteiger charge is 2.75. The Morgan fingerprint density at radius 1 is 1.17 bits per heavy atom. The third kappa shape index (κ3) is 3.13. The standard InChI is InChI=1S/C21H21F3N6O5/c22-21(23,24)11-6-5-9-3-1-2-4-10(9)14(11)16(32)35-13-7-30-18(26)27-12(8-31)15-19(30,20(13,33)34)29-17(25)28-15/h1-6,12-13,15,31,33-34H,7-8H2,(H2,26,27)(H3,25,28,29)/t12-,13-,15?,19-/m0/s1. The van der Waals surface area contributed by atoms with Gasteiger partial charge in [-0.1, -0.05) is 30.3 Å².